The van der Waals surface area contributed by atoms with Gasteiger partial charge in [-0.25, -0.2) is 0 Å². The third-order valence-electron chi connectivity index (χ3n) is 10.2. The van der Waals surface area contributed by atoms with Gasteiger partial charge in [0.15, 0.2) is 0 Å². The molecule has 0 aliphatic heterocycles. The van der Waals surface area contributed by atoms with E-state index >= 15 is 0 Å². The molecule has 0 unspecified atom stereocenters. The van der Waals surface area contributed by atoms with E-state index in [0.717, 1.165) is 0 Å². The van der Waals surface area contributed by atoms with E-state index in [1.54, 1.807) is 0 Å². The Balaban J connectivity index is 1.24. The standard InChI is InChI=1S/C48H31N/c1-3-14-32(15-4-1)35-16-13-17-36(30-35)33-26-28-34(29-27-33)43-31-44-39-21-8-10-23-41(39)48-47(46(44)40-22-9-7-20-38(40)43)42-24-11-12-25-45(42)49(48)37-18-5-2-6-19-37/h1-31H. The van der Waals surface area contributed by atoms with Gasteiger partial charge in [-0.15, -0.1) is 0 Å². The van der Waals surface area contributed by atoms with Crippen molar-refractivity contribution in [2.75, 3.05) is 0 Å². The first-order valence-electron chi connectivity index (χ1n) is 16.9. The van der Waals surface area contributed by atoms with Crippen molar-refractivity contribution in [3.8, 4) is 39.1 Å². The second-order valence-electron chi connectivity index (χ2n) is 12.9. The fourth-order valence-electron chi connectivity index (χ4n) is 7.96. The molecule has 0 fully saturated rings. The third kappa shape index (κ3) is 4.33. The lowest BCUT2D eigenvalue weighted by Crippen LogP contribution is -1.94. The summed E-state index contributed by atoms with van der Waals surface area (Å²) < 4.78 is 2.46. The SMILES string of the molecule is c1ccc(-c2cccc(-c3ccc(-c4cc5c6ccccc6c6c(c7ccccc7n6-c6ccccc6)c5c5ccccc45)cc3)c2)cc1. The van der Waals surface area contributed by atoms with Crippen LogP contribution in [0.3, 0.4) is 0 Å². The highest BCUT2D eigenvalue weighted by atomic mass is 15.0. The molecule has 10 rings (SSSR count). The summed E-state index contributed by atoms with van der Waals surface area (Å²) in [5.41, 5.74) is 11.0. The van der Waals surface area contributed by atoms with Crippen LogP contribution in [-0.2, 0) is 0 Å². The second-order valence-corrected chi connectivity index (χ2v) is 12.9. The van der Waals surface area contributed by atoms with Crippen LogP contribution in [0, 0.1) is 0 Å². The minimum absolute atomic E-state index is 1.17. The van der Waals surface area contributed by atoms with E-state index in [1.165, 1.54) is 93.2 Å². The average molecular weight is 622 g/mol. The highest BCUT2D eigenvalue weighted by molar-refractivity contribution is 6.38. The molecule has 0 atom stereocenters. The zero-order valence-corrected chi connectivity index (χ0v) is 26.8. The van der Waals surface area contributed by atoms with Crippen LogP contribution in [0.5, 0.6) is 0 Å². The van der Waals surface area contributed by atoms with E-state index in [1.807, 2.05) is 0 Å². The molecule has 9 aromatic carbocycles. The molecule has 0 spiro atoms. The van der Waals surface area contributed by atoms with Crippen LogP contribution in [0.2, 0.25) is 0 Å². The maximum absolute atomic E-state index is 2.46. The predicted octanol–water partition coefficient (Wildman–Crippen LogP) is 13.2. The predicted molar refractivity (Wildman–Crippen MR) is 210 cm³/mol. The molecule has 0 saturated heterocycles. The van der Waals surface area contributed by atoms with Gasteiger partial charge in [0.1, 0.15) is 0 Å². The monoisotopic (exact) mass is 621 g/mol. The van der Waals surface area contributed by atoms with Crippen molar-refractivity contribution >= 4 is 54.1 Å². The molecule has 0 aliphatic carbocycles. The molecule has 0 bridgehead atoms. The molecule has 1 heterocycles. The van der Waals surface area contributed by atoms with Crippen molar-refractivity contribution in [3.63, 3.8) is 0 Å². The summed E-state index contributed by atoms with van der Waals surface area (Å²) in [5.74, 6) is 0. The summed E-state index contributed by atoms with van der Waals surface area (Å²) in [6.07, 6.45) is 0. The van der Waals surface area contributed by atoms with Crippen molar-refractivity contribution in [2.24, 2.45) is 0 Å². The minimum atomic E-state index is 1.17. The fraction of sp³-hybridized carbons (Fsp3) is 0. The van der Waals surface area contributed by atoms with E-state index < -0.39 is 0 Å². The van der Waals surface area contributed by atoms with Crippen LogP contribution in [0.1, 0.15) is 0 Å². The lowest BCUT2D eigenvalue weighted by Gasteiger charge is -2.16. The fourth-order valence-corrected chi connectivity index (χ4v) is 7.96. The molecule has 228 valence electrons. The Hall–Kier alpha value is -6.44. The number of hydrogen-bond donors (Lipinski definition) is 0. The van der Waals surface area contributed by atoms with E-state index in [9.17, 15) is 0 Å². The number of rotatable bonds is 4. The van der Waals surface area contributed by atoms with Crippen molar-refractivity contribution in [1.82, 2.24) is 4.57 Å². The van der Waals surface area contributed by atoms with Gasteiger partial charge in [0.2, 0.25) is 0 Å². The Bertz CT molecular complexity index is 2840. The first kappa shape index (κ1) is 27.7. The molecular weight excluding hydrogens is 591 g/mol. The highest BCUT2D eigenvalue weighted by Gasteiger charge is 2.21. The van der Waals surface area contributed by atoms with Gasteiger partial charge in [-0.2, -0.15) is 0 Å². The number of para-hydroxylation sites is 2. The molecular formula is C48H31N. The van der Waals surface area contributed by atoms with Crippen molar-refractivity contribution in [3.05, 3.63) is 188 Å². The molecule has 10 aromatic rings. The van der Waals surface area contributed by atoms with E-state index in [4.69, 9.17) is 0 Å². The summed E-state index contributed by atoms with van der Waals surface area (Å²) in [7, 11) is 0. The Morgan fingerprint density at radius 3 is 1.55 bits per heavy atom. The van der Waals surface area contributed by atoms with Crippen molar-refractivity contribution in [2.45, 2.75) is 0 Å². The van der Waals surface area contributed by atoms with Gasteiger partial charge in [-0.3, -0.25) is 0 Å². The maximum Gasteiger partial charge on any atom is 0.0626 e. The third-order valence-corrected chi connectivity index (χ3v) is 10.2. The zero-order chi connectivity index (χ0) is 32.3. The summed E-state index contributed by atoms with van der Waals surface area (Å²) >= 11 is 0. The van der Waals surface area contributed by atoms with Crippen LogP contribution in [0.25, 0.3) is 93.2 Å². The van der Waals surface area contributed by atoms with Gasteiger partial charge in [0.05, 0.1) is 11.0 Å². The molecule has 0 aliphatic rings. The molecule has 0 N–H and O–H groups in total. The van der Waals surface area contributed by atoms with Crippen LogP contribution in [-0.4, -0.2) is 4.57 Å². The number of hydrogen-bond acceptors (Lipinski definition) is 0. The van der Waals surface area contributed by atoms with Crippen molar-refractivity contribution in [1.29, 1.82) is 0 Å². The molecule has 1 nitrogen and oxygen atoms in total. The lowest BCUT2D eigenvalue weighted by atomic mass is 9.88. The quantitative estimate of drug-likeness (QED) is 0.172. The van der Waals surface area contributed by atoms with Crippen LogP contribution in [0.15, 0.2) is 188 Å². The van der Waals surface area contributed by atoms with E-state index in [0.29, 0.717) is 0 Å². The smallest absolute Gasteiger partial charge is 0.0626 e. The minimum Gasteiger partial charge on any atom is -0.309 e. The summed E-state index contributed by atoms with van der Waals surface area (Å²) in [5, 5.41) is 10.3. The second kappa shape index (κ2) is 11.1. The molecule has 0 radical (unpaired) electrons. The summed E-state index contributed by atoms with van der Waals surface area (Å²) in [4.78, 5) is 0. The molecule has 49 heavy (non-hydrogen) atoms. The Morgan fingerprint density at radius 1 is 0.286 bits per heavy atom. The van der Waals surface area contributed by atoms with Gasteiger partial charge in [-0.05, 0) is 85.3 Å². The molecule has 1 heteroatoms. The van der Waals surface area contributed by atoms with Gasteiger partial charge in [-0.1, -0.05) is 158 Å². The summed E-state index contributed by atoms with van der Waals surface area (Å²) in [6.45, 7) is 0. The topological polar surface area (TPSA) is 4.93 Å². The first-order chi connectivity index (χ1) is 24.3. The average Bonchev–Trinajstić information content (AvgIpc) is 3.54. The summed E-state index contributed by atoms with van der Waals surface area (Å²) in [6, 6.07) is 68.6. The van der Waals surface area contributed by atoms with Gasteiger partial charge >= 0.3 is 0 Å². The molecule has 1 aromatic heterocycles. The Kier molecular flexibility index (Phi) is 6.25. The number of nitrogens with zero attached hydrogens (tertiary/aromatic N) is 1. The van der Waals surface area contributed by atoms with Gasteiger partial charge in [0, 0.05) is 27.2 Å². The largest absolute Gasteiger partial charge is 0.309 e. The van der Waals surface area contributed by atoms with Gasteiger partial charge in [0.25, 0.3) is 0 Å². The molecule has 0 saturated carbocycles. The van der Waals surface area contributed by atoms with Crippen LogP contribution >= 0.6 is 0 Å². The lowest BCUT2D eigenvalue weighted by molar-refractivity contribution is 1.19. The normalized spacial score (nSPS) is 11.7. The van der Waals surface area contributed by atoms with Crippen LogP contribution in [0.4, 0.5) is 0 Å². The number of benzene rings is 9. The zero-order valence-electron chi connectivity index (χ0n) is 26.8. The van der Waals surface area contributed by atoms with Crippen LogP contribution < -0.4 is 0 Å². The number of fused-ring (bicyclic) bond motifs is 10. The number of aromatic nitrogens is 1. The Labute approximate surface area is 284 Å². The first-order valence-corrected chi connectivity index (χ1v) is 16.9. The highest BCUT2D eigenvalue weighted by Crippen LogP contribution is 2.47. The van der Waals surface area contributed by atoms with Crippen molar-refractivity contribution < 1.29 is 0 Å². The van der Waals surface area contributed by atoms with E-state index in [2.05, 4.69) is 193 Å². The van der Waals surface area contributed by atoms with E-state index in [-0.39, 0.29) is 0 Å². The molecule has 0 amide bonds. The maximum atomic E-state index is 2.46. The van der Waals surface area contributed by atoms with Gasteiger partial charge < -0.3 is 4.57 Å². The Morgan fingerprint density at radius 2 is 0.816 bits per heavy atom.